The van der Waals surface area contributed by atoms with Gasteiger partial charge in [-0.25, -0.2) is 0 Å². The summed E-state index contributed by atoms with van der Waals surface area (Å²) >= 11 is 0. The Hall–Kier alpha value is -2.15. The van der Waals surface area contributed by atoms with Gasteiger partial charge in [-0.2, -0.15) is 10.4 Å². The van der Waals surface area contributed by atoms with Crippen LogP contribution in [0.1, 0.15) is 11.3 Å². The Labute approximate surface area is 79.8 Å². The molecule has 0 saturated carbocycles. The number of nitriles is 1. The molecule has 1 N–H and O–H groups in total. The summed E-state index contributed by atoms with van der Waals surface area (Å²) in [6.07, 6.45) is 0. The van der Waals surface area contributed by atoms with Crippen LogP contribution >= 0.6 is 0 Å². The van der Waals surface area contributed by atoms with Crippen molar-refractivity contribution in [1.29, 1.82) is 5.26 Å². The van der Waals surface area contributed by atoms with Crippen LogP contribution in [0.3, 0.4) is 0 Å². The van der Waals surface area contributed by atoms with E-state index in [-0.39, 0.29) is 11.1 Å². The first kappa shape index (κ1) is 8.45. The third kappa shape index (κ3) is 1.07. The van der Waals surface area contributed by atoms with Crippen LogP contribution in [-0.4, -0.2) is 10.2 Å². The number of nitrogens with one attached hydrogen (secondary N) is 1. The Morgan fingerprint density at radius 2 is 2.29 bits per heavy atom. The lowest BCUT2D eigenvalue weighted by Crippen LogP contribution is -2.11. The van der Waals surface area contributed by atoms with Crippen molar-refractivity contribution < 1.29 is 0 Å². The molecule has 0 spiro atoms. The molecule has 68 valence electrons. The summed E-state index contributed by atoms with van der Waals surface area (Å²) in [5, 5.41) is 15.5. The van der Waals surface area contributed by atoms with Gasteiger partial charge in [0.2, 0.25) is 11.1 Å². The van der Waals surface area contributed by atoms with Crippen LogP contribution in [0, 0.1) is 18.3 Å². The van der Waals surface area contributed by atoms with Gasteiger partial charge in [0.15, 0.2) is 0 Å². The molecule has 0 radical (unpaired) electrons. The minimum atomic E-state index is -0.306. The van der Waals surface area contributed by atoms with E-state index in [2.05, 4.69) is 10.2 Å². The number of aryl methyl sites for hydroxylation is 1. The van der Waals surface area contributed by atoms with Gasteiger partial charge in [0.05, 0.1) is 10.9 Å². The third-order valence-electron chi connectivity index (χ3n) is 2.11. The molecule has 0 saturated heterocycles. The Morgan fingerprint density at radius 3 is 3.00 bits per heavy atom. The molecule has 1 aromatic heterocycles. The van der Waals surface area contributed by atoms with Crippen molar-refractivity contribution in [2.45, 2.75) is 6.92 Å². The Bertz CT molecular complexity index is 592. The first-order valence-electron chi connectivity index (χ1n) is 4.12. The highest BCUT2D eigenvalue weighted by Crippen LogP contribution is 2.10. The van der Waals surface area contributed by atoms with E-state index in [1.165, 1.54) is 0 Å². The first-order chi connectivity index (χ1) is 6.74. The average Bonchev–Trinajstić information content (AvgIpc) is 2.18. The molecule has 1 aromatic carbocycles. The van der Waals surface area contributed by atoms with Crippen LogP contribution < -0.4 is 5.43 Å². The fraction of sp³-hybridized carbons (Fsp3) is 0.100. The SMILES string of the molecule is Cc1cccc2[nH]nc(C#N)c(=O)c12. The van der Waals surface area contributed by atoms with Gasteiger partial charge in [0.1, 0.15) is 6.07 Å². The Balaban J connectivity index is 3.03. The number of H-pyrrole nitrogens is 1. The number of nitrogens with zero attached hydrogens (tertiary/aromatic N) is 2. The van der Waals surface area contributed by atoms with Gasteiger partial charge in [-0.3, -0.25) is 9.89 Å². The zero-order valence-electron chi connectivity index (χ0n) is 7.53. The van der Waals surface area contributed by atoms with Crippen LogP contribution in [0.25, 0.3) is 10.9 Å². The van der Waals surface area contributed by atoms with Crippen molar-refractivity contribution in [3.63, 3.8) is 0 Å². The summed E-state index contributed by atoms with van der Waals surface area (Å²) in [6, 6.07) is 7.19. The molecule has 0 aliphatic rings. The predicted octanol–water partition coefficient (Wildman–Crippen LogP) is 1.10. The van der Waals surface area contributed by atoms with Gasteiger partial charge in [-0.1, -0.05) is 12.1 Å². The van der Waals surface area contributed by atoms with Crippen LogP contribution in [0.15, 0.2) is 23.0 Å². The van der Waals surface area contributed by atoms with E-state index in [0.717, 1.165) is 5.56 Å². The maximum absolute atomic E-state index is 11.7. The normalized spacial score (nSPS) is 10.0. The van der Waals surface area contributed by atoms with E-state index in [4.69, 9.17) is 5.26 Å². The summed E-state index contributed by atoms with van der Waals surface area (Å²) in [7, 11) is 0. The van der Waals surface area contributed by atoms with E-state index in [9.17, 15) is 4.79 Å². The van der Waals surface area contributed by atoms with Crippen molar-refractivity contribution in [2.24, 2.45) is 0 Å². The monoisotopic (exact) mass is 185 g/mol. The molecular formula is C10H7N3O. The fourth-order valence-corrected chi connectivity index (χ4v) is 1.42. The molecule has 2 aromatic rings. The van der Waals surface area contributed by atoms with Crippen LogP contribution in [-0.2, 0) is 0 Å². The van der Waals surface area contributed by atoms with Crippen molar-refractivity contribution in [3.8, 4) is 6.07 Å². The number of aromatic nitrogens is 2. The second-order valence-corrected chi connectivity index (χ2v) is 3.01. The second kappa shape index (κ2) is 2.96. The largest absolute Gasteiger partial charge is 0.286 e. The van der Waals surface area contributed by atoms with Gasteiger partial charge in [-0.05, 0) is 18.6 Å². The minimum absolute atomic E-state index is 0.0909. The van der Waals surface area contributed by atoms with Gasteiger partial charge < -0.3 is 0 Å². The molecule has 4 nitrogen and oxygen atoms in total. The van der Waals surface area contributed by atoms with Crippen LogP contribution in [0.2, 0.25) is 0 Å². The van der Waals surface area contributed by atoms with Gasteiger partial charge in [0.25, 0.3) is 0 Å². The second-order valence-electron chi connectivity index (χ2n) is 3.01. The standard InChI is InChI=1S/C10H7N3O/c1-6-3-2-4-7-9(6)10(14)8(5-11)13-12-7/h2-4H,1H3,(H,12,14). The van der Waals surface area contributed by atoms with Crippen LogP contribution in [0.5, 0.6) is 0 Å². The number of fused-ring (bicyclic) bond motifs is 1. The molecule has 0 atom stereocenters. The Morgan fingerprint density at radius 1 is 1.50 bits per heavy atom. The molecule has 2 rings (SSSR count). The Kier molecular flexibility index (Phi) is 1.79. The summed E-state index contributed by atoms with van der Waals surface area (Å²) < 4.78 is 0. The molecule has 0 amide bonds. The number of rotatable bonds is 0. The fourth-order valence-electron chi connectivity index (χ4n) is 1.42. The van der Waals surface area contributed by atoms with E-state index >= 15 is 0 Å². The van der Waals surface area contributed by atoms with E-state index in [0.29, 0.717) is 10.9 Å². The third-order valence-corrected chi connectivity index (χ3v) is 2.11. The summed E-state index contributed by atoms with van der Waals surface area (Å²) in [5.41, 5.74) is 1.11. The lowest BCUT2D eigenvalue weighted by atomic mass is 10.1. The van der Waals surface area contributed by atoms with Crippen molar-refractivity contribution >= 4 is 10.9 Å². The van der Waals surface area contributed by atoms with Crippen molar-refractivity contribution in [1.82, 2.24) is 10.2 Å². The quantitative estimate of drug-likeness (QED) is 0.668. The summed E-state index contributed by atoms with van der Waals surface area (Å²) in [6.45, 7) is 1.83. The highest BCUT2D eigenvalue weighted by molar-refractivity contribution is 5.81. The maximum atomic E-state index is 11.7. The van der Waals surface area contributed by atoms with Crippen molar-refractivity contribution in [2.75, 3.05) is 0 Å². The number of aromatic amines is 1. The lowest BCUT2D eigenvalue weighted by Gasteiger charge is -1.99. The van der Waals surface area contributed by atoms with E-state index in [1.54, 1.807) is 12.1 Å². The van der Waals surface area contributed by atoms with E-state index in [1.807, 2.05) is 19.1 Å². The average molecular weight is 185 g/mol. The lowest BCUT2D eigenvalue weighted by molar-refractivity contribution is 1.04. The van der Waals surface area contributed by atoms with Crippen molar-refractivity contribution in [3.05, 3.63) is 39.7 Å². The topological polar surface area (TPSA) is 69.5 Å². The molecule has 1 heterocycles. The maximum Gasteiger partial charge on any atom is 0.226 e. The highest BCUT2D eigenvalue weighted by atomic mass is 16.1. The zero-order chi connectivity index (χ0) is 10.1. The number of hydrogen-bond acceptors (Lipinski definition) is 3. The van der Waals surface area contributed by atoms with Gasteiger partial charge >= 0.3 is 0 Å². The predicted molar refractivity (Wildman–Crippen MR) is 51.8 cm³/mol. The zero-order valence-corrected chi connectivity index (χ0v) is 7.53. The molecule has 0 unspecified atom stereocenters. The highest BCUT2D eigenvalue weighted by Gasteiger charge is 2.07. The molecule has 0 aliphatic carbocycles. The summed E-state index contributed by atoms with van der Waals surface area (Å²) in [4.78, 5) is 11.7. The number of hydrogen-bond donors (Lipinski definition) is 1. The molecule has 0 fully saturated rings. The number of benzene rings is 1. The van der Waals surface area contributed by atoms with Gasteiger partial charge in [0, 0.05) is 0 Å². The molecule has 0 aliphatic heterocycles. The summed E-state index contributed by atoms with van der Waals surface area (Å²) in [5.74, 6) is 0. The molecule has 14 heavy (non-hydrogen) atoms. The first-order valence-corrected chi connectivity index (χ1v) is 4.12. The smallest absolute Gasteiger partial charge is 0.226 e. The van der Waals surface area contributed by atoms with E-state index < -0.39 is 0 Å². The van der Waals surface area contributed by atoms with Gasteiger partial charge in [-0.15, -0.1) is 0 Å². The minimum Gasteiger partial charge on any atom is -0.286 e. The molecule has 4 heteroatoms. The molecule has 0 bridgehead atoms. The van der Waals surface area contributed by atoms with Crippen LogP contribution in [0.4, 0.5) is 0 Å². The molecular weight excluding hydrogens is 178 g/mol.